The highest BCUT2D eigenvalue weighted by Gasteiger charge is 2.34. The zero-order chi connectivity index (χ0) is 17.3. The van der Waals surface area contributed by atoms with E-state index in [2.05, 4.69) is 68.7 Å². The molecule has 1 atom stereocenters. The minimum atomic E-state index is -0.224. The highest BCUT2D eigenvalue weighted by molar-refractivity contribution is 7.80. The van der Waals surface area contributed by atoms with Crippen molar-refractivity contribution in [3.8, 4) is 5.75 Å². The number of thiocarbonyl (C=S) groups is 1. The molecule has 0 fully saturated rings. The van der Waals surface area contributed by atoms with Gasteiger partial charge in [-0.3, -0.25) is 0 Å². The van der Waals surface area contributed by atoms with Gasteiger partial charge in [0.15, 0.2) is 5.11 Å². The Labute approximate surface area is 149 Å². The molecule has 24 heavy (non-hydrogen) atoms. The number of anilines is 1. The lowest BCUT2D eigenvalue weighted by Crippen LogP contribution is -2.42. The second-order valence-electron chi connectivity index (χ2n) is 7.12. The molecule has 0 saturated carbocycles. The smallest absolute Gasteiger partial charge is 0.171 e. The molecule has 2 aromatic rings. The van der Waals surface area contributed by atoms with Crippen LogP contribution in [0, 0.1) is 13.8 Å². The molecule has 1 heterocycles. The molecule has 1 aliphatic rings. The van der Waals surface area contributed by atoms with E-state index in [0.29, 0.717) is 5.11 Å². The van der Waals surface area contributed by atoms with Crippen LogP contribution in [0.5, 0.6) is 5.75 Å². The number of hydrogen-bond acceptors (Lipinski definition) is 2. The molecule has 3 nitrogen and oxygen atoms in total. The first-order valence-corrected chi connectivity index (χ1v) is 8.67. The van der Waals surface area contributed by atoms with Gasteiger partial charge in [-0.2, -0.15) is 0 Å². The third kappa shape index (κ3) is 3.88. The second-order valence-corrected chi connectivity index (χ2v) is 7.53. The van der Waals surface area contributed by atoms with Gasteiger partial charge in [0, 0.05) is 17.7 Å². The van der Waals surface area contributed by atoms with Gasteiger partial charge in [0.25, 0.3) is 0 Å². The Morgan fingerprint density at radius 1 is 1.08 bits per heavy atom. The summed E-state index contributed by atoms with van der Waals surface area (Å²) in [4.78, 5) is 0. The van der Waals surface area contributed by atoms with Crippen LogP contribution in [0.15, 0.2) is 42.5 Å². The Morgan fingerprint density at radius 3 is 2.46 bits per heavy atom. The largest absolute Gasteiger partial charge is 0.487 e. The maximum Gasteiger partial charge on any atom is 0.171 e. The van der Waals surface area contributed by atoms with E-state index in [9.17, 15) is 0 Å². The van der Waals surface area contributed by atoms with Crippen molar-refractivity contribution in [3.63, 3.8) is 0 Å². The van der Waals surface area contributed by atoms with Crippen LogP contribution >= 0.6 is 12.2 Å². The van der Waals surface area contributed by atoms with Gasteiger partial charge in [-0.1, -0.05) is 29.8 Å². The van der Waals surface area contributed by atoms with Crippen LogP contribution in [0.4, 0.5) is 5.69 Å². The summed E-state index contributed by atoms with van der Waals surface area (Å²) in [5, 5.41) is 7.35. The molecule has 0 amide bonds. The molecule has 0 saturated heterocycles. The number of rotatable bonds is 2. The van der Waals surface area contributed by atoms with Crippen molar-refractivity contribution < 1.29 is 4.74 Å². The van der Waals surface area contributed by atoms with E-state index in [0.717, 1.165) is 23.4 Å². The van der Waals surface area contributed by atoms with Crippen molar-refractivity contribution in [2.75, 3.05) is 5.32 Å². The molecule has 0 bridgehead atoms. The highest BCUT2D eigenvalue weighted by Crippen LogP contribution is 2.39. The molecule has 4 heteroatoms. The molecule has 3 rings (SSSR count). The van der Waals surface area contributed by atoms with E-state index < -0.39 is 0 Å². The number of benzene rings is 2. The predicted octanol–water partition coefficient (Wildman–Crippen LogP) is 4.89. The number of nitrogens with one attached hydrogen (secondary N) is 2. The highest BCUT2D eigenvalue weighted by atomic mass is 32.1. The van der Waals surface area contributed by atoms with E-state index in [1.165, 1.54) is 11.1 Å². The van der Waals surface area contributed by atoms with Crippen molar-refractivity contribution >= 4 is 23.0 Å². The Kier molecular flexibility index (Phi) is 4.50. The van der Waals surface area contributed by atoms with Crippen LogP contribution in [0.2, 0.25) is 0 Å². The van der Waals surface area contributed by atoms with Crippen LogP contribution in [-0.2, 0) is 0 Å². The van der Waals surface area contributed by atoms with E-state index >= 15 is 0 Å². The van der Waals surface area contributed by atoms with Crippen molar-refractivity contribution in [1.29, 1.82) is 0 Å². The van der Waals surface area contributed by atoms with Crippen molar-refractivity contribution in [1.82, 2.24) is 5.32 Å². The van der Waals surface area contributed by atoms with E-state index in [4.69, 9.17) is 17.0 Å². The zero-order valence-electron chi connectivity index (χ0n) is 14.6. The first kappa shape index (κ1) is 16.8. The number of fused-ring (bicyclic) bond motifs is 1. The molecule has 2 N–H and O–H groups in total. The first-order chi connectivity index (χ1) is 11.3. The normalized spacial score (nSPS) is 18.2. The molecular weight excluding hydrogens is 316 g/mol. The van der Waals surface area contributed by atoms with E-state index in [-0.39, 0.29) is 11.6 Å². The SMILES string of the molecule is Cc1ccc(NC(=S)NC2CC(C)(C)Oc3cc(C)ccc32)cc1. The molecule has 1 unspecified atom stereocenters. The van der Waals surface area contributed by atoms with Gasteiger partial charge in [-0.25, -0.2) is 0 Å². The summed E-state index contributed by atoms with van der Waals surface area (Å²) in [5.74, 6) is 0.946. The predicted molar refractivity (Wildman–Crippen MR) is 104 cm³/mol. The zero-order valence-corrected chi connectivity index (χ0v) is 15.5. The van der Waals surface area contributed by atoms with Crippen molar-refractivity contribution in [2.45, 2.75) is 45.8 Å². The van der Waals surface area contributed by atoms with Crippen LogP contribution < -0.4 is 15.4 Å². The van der Waals surface area contributed by atoms with E-state index in [1.54, 1.807) is 0 Å². The fourth-order valence-electron chi connectivity index (χ4n) is 3.05. The summed E-state index contributed by atoms with van der Waals surface area (Å²) in [5.41, 5.74) is 4.36. The summed E-state index contributed by atoms with van der Waals surface area (Å²) < 4.78 is 6.14. The van der Waals surface area contributed by atoms with Gasteiger partial charge in [0.2, 0.25) is 0 Å². The first-order valence-electron chi connectivity index (χ1n) is 8.26. The van der Waals surface area contributed by atoms with Crippen molar-refractivity contribution in [3.05, 3.63) is 59.2 Å². The summed E-state index contributed by atoms with van der Waals surface area (Å²) in [7, 11) is 0. The average molecular weight is 340 g/mol. The second kappa shape index (κ2) is 6.44. The summed E-state index contributed by atoms with van der Waals surface area (Å²) in [6.07, 6.45) is 0.860. The number of hydrogen-bond donors (Lipinski definition) is 2. The molecule has 0 spiro atoms. The van der Waals surface area contributed by atoms with Crippen LogP contribution in [-0.4, -0.2) is 10.7 Å². The fraction of sp³-hybridized carbons (Fsp3) is 0.350. The quantitative estimate of drug-likeness (QED) is 0.763. The third-order valence-electron chi connectivity index (χ3n) is 4.24. The fourth-order valence-corrected chi connectivity index (χ4v) is 3.31. The number of ether oxygens (including phenoxy) is 1. The van der Waals surface area contributed by atoms with Crippen LogP contribution in [0.25, 0.3) is 0 Å². The Hall–Kier alpha value is -2.07. The average Bonchev–Trinajstić information content (AvgIpc) is 2.48. The summed E-state index contributed by atoms with van der Waals surface area (Å²) >= 11 is 5.52. The molecule has 1 aliphatic heterocycles. The minimum Gasteiger partial charge on any atom is -0.487 e. The van der Waals surface area contributed by atoms with Gasteiger partial charge in [-0.15, -0.1) is 0 Å². The topological polar surface area (TPSA) is 33.3 Å². The lowest BCUT2D eigenvalue weighted by atomic mass is 9.89. The van der Waals surface area contributed by atoms with E-state index in [1.807, 2.05) is 12.1 Å². The van der Waals surface area contributed by atoms with Crippen LogP contribution in [0.1, 0.15) is 43.0 Å². The van der Waals surface area contributed by atoms with Gasteiger partial charge < -0.3 is 15.4 Å². The summed E-state index contributed by atoms with van der Waals surface area (Å²) in [6, 6.07) is 14.7. The van der Waals surface area contributed by atoms with Gasteiger partial charge in [0.05, 0.1) is 6.04 Å². The molecule has 126 valence electrons. The maximum absolute atomic E-state index is 6.14. The Bertz CT molecular complexity index is 753. The minimum absolute atomic E-state index is 0.134. The third-order valence-corrected chi connectivity index (χ3v) is 4.46. The van der Waals surface area contributed by atoms with Crippen LogP contribution in [0.3, 0.4) is 0 Å². The number of aryl methyl sites for hydroxylation is 2. The monoisotopic (exact) mass is 340 g/mol. The molecule has 0 aromatic heterocycles. The standard InChI is InChI=1S/C20H24N2OS/c1-13-5-8-15(9-6-13)21-19(24)22-17-12-20(3,4)23-18-11-14(2)7-10-16(17)18/h5-11,17H,12H2,1-4H3,(H2,21,22,24). The Balaban J connectivity index is 1.76. The molecular formula is C20H24N2OS. The molecule has 0 radical (unpaired) electrons. The lowest BCUT2D eigenvalue weighted by Gasteiger charge is -2.38. The van der Waals surface area contributed by atoms with Gasteiger partial charge >= 0.3 is 0 Å². The maximum atomic E-state index is 6.14. The van der Waals surface area contributed by atoms with Gasteiger partial charge in [-0.05, 0) is 63.7 Å². The Morgan fingerprint density at radius 2 is 1.75 bits per heavy atom. The molecule has 2 aromatic carbocycles. The van der Waals surface area contributed by atoms with Gasteiger partial charge in [0.1, 0.15) is 11.4 Å². The lowest BCUT2D eigenvalue weighted by molar-refractivity contribution is 0.0696. The van der Waals surface area contributed by atoms with Crippen molar-refractivity contribution in [2.24, 2.45) is 0 Å². The molecule has 0 aliphatic carbocycles. The summed E-state index contributed by atoms with van der Waals surface area (Å²) in [6.45, 7) is 8.38.